The predicted molar refractivity (Wildman–Crippen MR) is 93.4 cm³/mol. The molecule has 134 valence electrons. The minimum atomic E-state index is -0.489. The molecule has 2 atom stereocenters. The van der Waals surface area contributed by atoms with Gasteiger partial charge in [0.15, 0.2) is 0 Å². The SMILES string of the molecule is Cc1ccc(CNC2CCCN(C(=O)OC(C)(C)C)C2C)cc1F. The zero-order valence-electron chi connectivity index (χ0n) is 15.4. The lowest BCUT2D eigenvalue weighted by molar-refractivity contribution is 0.00699. The highest BCUT2D eigenvalue weighted by Gasteiger charge is 2.33. The zero-order chi connectivity index (χ0) is 17.9. The van der Waals surface area contributed by atoms with Crippen molar-refractivity contribution in [3.63, 3.8) is 0 Å². The van der Waals surface area contributed by atoms with Crippen molar-refractivity contribution >= 4 is 6.09 Å². The molecule has 1 saturated heterocycles. The van der Waals surface area contributed by atoms with Crippen LogP contribution in [0.3, 0.4) is 0 Å². The Morgan fingerprint density at radius 2 is 2.12 bits per heavy atom. The van der Waals surface area contributed by atoms with Crippen LogP contribution in [-0.4, -0.2) is 35.2 Å². The number of aryl methyl sites for hydroxylation is 1. The van der Waals surface area contributed by atoms with Crippen LogP contribution in [0.15, 0.2) is 18.2 Å². The Hall–Kier alpha value is -1.62. The van der Waals surface area contributed by atoms with E-state index < -0.39 is 5.60 Å². The monoisotopic (exact) mass is 336 g/mol. The van der Waals surface area contributed by atoms with Crippen molar-refractivity contribution in [1.29, 1.82) is 0 Å². The third-order valence-corrected chi connectivity index (χ3v) is 4.42. The van der Waals surface area contributed by atoms with Crippen molar-refractivity contribution in [3.05, 3.63) is 35.1 Å². The maximum atomic E-state index is 13.6. The van der Waals surface area contributed by atoms with E-state index in [2.05, 4.69) is 5.32 Å². The number of nitrogens with zero attached hydrogens (tertiary/aromatic N) is 1. The van der Waals surface area contributed by atoms with Crippen molar-refractivity contribution < 1.29 is 13.9 Å². The molecule has 1 fully saturated rings. The minimum Gasteiger partial charge on any atom is -0.444 e. The van der Waals surface area contributed by atoms with Gasteiger partial charge in [-0.2, -0.15) is 0 Å². The van der Waals surface area contributed by atoms with Crippen molar-refractivity contribution in [2.45, 2.75) is 71.7 Å². The van der Waals surface area contributed by atoms with Gasteiger partial charge in [-0.05, 0) is 64.7 Å². The number of hydrogen-bond donors (Lipinski definition) is 1. The summed E-state index contributed by atoms with van der Waals surface area (Å²) in [6.07, 6.45) is 1.67. The number of rotatable bonds is 3. The quantitative estimate of drug-likeness (QED) is 0.907. The number of piperidine rings is 1. The fraction of sp³-hybridized carbons (Fsp3) is 0.632. The molecule has 0 saturated carbocycles. The normalized spacial score (nSPS) is 21.7. The molecule has 1 amide bonds. The molecule has 4 nitrogen and oxygen atoms in total. The van der Waals surface area contributed by atoms with Crippen molar-refractivity contribution in [3.8, 4) is 0 Å². The number of ether oxygens (including phenoxy) is 1. The molecule has 0 aliphatic carbocycles. The highest BCUT2D eigenvalue weighted by molar-refractivity contribution is 5.68. The van der Waals surface area contributed by atoms with Gasteiger partial charge in [0.1, 0.15) is 11.4 Å². The number of hydrogen-bond acceptors (Lipinski definition) is 3. The van der Waals surface area contributed by atoms with E-state index in [9.17, 15) is 9.18 Å². The Balaban J connectivity index is 1.95. The number of carbonyl (C=O) groups is 1. The van der Waals surface area contributed by atoms with Gasteiger partial charge in [-0.3, -0.25) is 0 Å². The van der Waals surface area contributed by atoms with E-state index >= 15 is 0 Å². The van der Waals surface area contributed by atoms with Gasteiger partial charge in [-0.15, -0.1) is 0 Å². The summed E-state index contributed by atoms with van der Waals surface area (Å²) in [5.41, 5.74) is 1.08. The molecule has 1 aliphatic rings. The number of likely N-dealkylation sites (tertiary alicyclic amines) is 1. The van der Waals surface area contributed by atoms with Crippen molar-refractivity contribution in [2.24, 2.45) is 0 Å². The smallest absolute Gasteiger partial charge is 0.410 e. The molecular weight excluding hydrogens is 307 g/mol. The Kier molecular flexibility index (Phi) is 5.86. The summed E-state index contributed by atoms with van der Waals surface area (Å²) in [5.74, 6) is -0.179. The molecule has 0 radical (unpaired) electrons. The first kappa shape index (κ1) is 18.7. The van der Waals surface area contributed by atoms with Crippen molar-refractivity contribution in [1.82, 2.24) is 10.2 Å². The van der Waals surface area contributed by atoms with E-state index in [0.29, 0.717) is 18.7 Å². The molecule has 0 bridgehead atoms. The summed E-state index contributed by atoms with van der Waals surface area (Å²) < 4.78 is 19.1. The van der Waals surface area contributed by atoms with Gasteiger partial charge in [-0.25, -0.2) is 9.18 Å². The molecule has 5 heteroatoms. The van der Waals surface area contributed by atoms with Gasteiger partial charge in [0, 0.05) is 25.2 Å². The molecule has 2 unspecified atom stereocenters. The average Bonchev–Trinajstić information content (AvgIpc) is 2.47. The predicted octanol–water partition coefficient (Wildman–Crippen LogP) is 4.01. The molecule has 0 spiro atoms. The molecule has 1 heterocycles. The number of amides is 1. The van der Waals surface area contributed by atoms with E-state index in [1.54, 1.807) is 24.0 Å². The minimum absolute atomic E-state index is 0.0453. The van der Waals surface area contributed by atoms with Crippen LogP contribution in [0.2, 0.25) is 0 Å². The van der Waals surface area contributed by atoms with Gasteiger partial charge in [0.25, 0.3) is 0 Å². The first-order chi connectivity index (χ1) is 11.2. The second-order valence-corrected chi connectivity index (χ2v) is 7.63. The van der Waals surface area contributed by atoms with Gasteiger partial charge in [-0.1, -0.05) is 12.1 Å². The van der Waals surface area contributed by atoms with E-state index in [4.69, 9.17) is 4.74 Å². The summed E-state index contributed by atoms with van der Waals surface area (Å²) in [5, 5.41) is 3.47. The maximum Gasteiger partial charge on any atom is 0.410 e. The maximum absolute atomic E-state index is 13.6. The van der Waals surface area contributed by atoms with E-state index in [1.165, 1.54) is 0 Å². The summed E-state index contributed by atoms with van der Waals surface area (Å²) in [4.78, 5) is 14.1. The lowest BCUT2D eigenvalue weighted by Gasteiger charge is -2.40. The van der Waals surface area contributed by atoms with Gasteiger partial charge >= 0.3 is 6.09 Å². The molecule has 1 N–H and O–H groups in total. The largest absolute Gasteiger partial charge is 0.444 e. The van der Waals surface area contributed by atoms with E-state index in [-0.39, 0.29) is 24.0 Å². The van der Waals surface area contributed by atoms with Crippen LogP contribution in [0.25, 0.3) is 0 Å². The Morgan fingerprint density at radius 1 is 1.42 bits per heavy atom. The second-order valence-electron chi connectivity index (χ2n) is 7.63. The molecule has 2 rings (SSSR count). The number of carbonyl (C=O) groups excluding carboxylic acids is 1. The Labute approximate surface area is 144 Å². The van der Waals surface area contributed by atoms with Crippen LogP contribution in [-0.2, 0) is 11.3 Å². The summed E-state index contributed by atoms with van der Waals surface area (Å²) >= 11 is 0. The standard InChI is InChI=1S/C19H29FN2O2/c1-13-8-9-15(11-16(13)20)12-21-17-7-6-10-22(14(17)2)18(23)24-19(3,4)5/h8-9,11,14,17,21H,6-7,10,12H2,1-5H3. The number of halogens is 1. The van der Waals surface area contributed by atoms with Gasteiger partial charge in [0.2, 0.25) is 0 Å². The van der Waals surface area contributed by atoms with Crippen LogP contribution in [0.5, 0.6) is 0 Å². The van der Waals surface area contributed by atoms with Crippen LogP contribution in [0.4, 0.5) is 9.18 Å². The number of nitrogens with one attached hydrogen (secondary N) is 1. The first-order valence-electron chi connectivity index (χ1n) is 8.65. The summed E-state index contributed by atoms with van der Waals surface area (Å²) in [6, 6.07) is 5.52. The highest BCUT2D eigenvalue weighted by atomic mass is 19.1. The highest BCUT2D eigenvalue weighted by Crippen LogP contribution is 2.21. The fourth-order valence-electron chi connectivity index (χ4n) is 2.99. The summed E-state index contributed by atoms with van der Waals surface area (Å²) in [7, 11) is 0. The average molecular weight is 336 g/mol. The topological polar surface area (TPSA) is 41.6 Å². The molecule has 24 heavy (non-hydrogen) atoms. The Bertz CT molecular complexity index is 583. The lowest BCUT2D eigenvalue weighted by Crippen LogP contribution is -2.55. The molecule has 0 aromatic heterocycles. The van der Waals surface area contributed by atoms with Gasteiger partial charge < -0.3 is 15.0 Å². The first-order valence-corrected chi connectivity index (χ1v) is 8.65. The van der Waals surface area contributed by atoms with Gasteiger partial charge in [0.05, 0.1) is 0 Å². The van der Waals surface area contributed by atoms with Crippen molar-refractivity contribution in [2.75, 3.05) is 6.54 Å². The van der Waals surface area contributed by atoms with Crippen LogP contribution in [0.1, 0.15) is 51.7 Å². The Morgan fingerprint density at radius 3 is 2.75 bits per heavy atom. The van der Waals surface area contributed by atoms with Crippen LogP contribution < -0.4 is 5.32 Å². The number of benzene rings is 1. The molecule has 1 aliphatic heterocycles. The summed E-state index contributed by atoms with van der Waals surface area (Å²) in [6.45, 7) is 10.7. The van der Waals surface area contributed by atoms with E-state index in [0.717, 1.165) is 18.4 Å². The lowest BCUT2D eigenvalue weighted by atomic mass is 9.97. The van der Waals surface area contributed by atoms with Crippen LogP contribution >= 0.6 is 0 Å². The van der Waals surface area contributed by atoms with Crippen LogP contribution in [0, 0.1) is 12.7 Å². The third kappa shape index (κ3) is 4.94. The second kappa shape index (κ2) is 7.51. The van der Waals surface area contributed by atoms with E-state index in [1.807, 2.05) is 33.8 Å². The molecular formula is C19H29FN2O2. The molecule has 1 aromatic rings. The molecule has 1 aromatic carbocycles. The zero-order valence-corrected chi connectivity index (χ0v) is 15.4. The third-order valence-electron chi connectivity index (χ3n) is 4.42. The fourth-order valence-corrected chi connectivity index (χ4v) is 2.99.